The van der Waals surface area contributed by atoms with Crippen LogP contribution in [0.2, 0.25) is 0 Å². The van der Waals surface area contributed by atoms with Crippen molar-refractivity contribution < 1.29 is 5.11 Å². The largest absolute Gasteiger partial charge is 0.508 e. The van der Waals surface area contributed by atoms with E-state index in [-0.39, 0.29) is 11.4 Å². The zero-order chi connectivity index (χ0) is 15.7. The minimum absolute atomic E-state index is 0.00525. The molecule has 110 valence electrons. The number of benzene rings is 2. The molecule has 6 heteroatoms. The lowest BCUT2D eigenvalue weighted by molar-refractivity contribution is 0.475. The number of para-hydroxylation sites is 1. The smallest absolute Gasteiger partial charge is 0.229 e. The number of aromatic hydroxyl groups is 1. The van der Waals surface area contributed by atoms with E-state index in [1.807, 2.05) is 36.2 Å². The van der Waals surface area contributed by atoms with Gasteiger partial charge in [0.25, 0.3) is 0 Å². The van der Waals surface area contributed by atoms with Gasteiger partial charge in [-0.05, 0) is 36.4 Å². The van der Waals surface area contributed by atoms with E-state index in [1.54, 1.807) is 24.3 Å². The Morgan fingerprint density at radius 1 is 1.14 bits per heavy atom. The molecule has 0 aliphatic rings. The summed E-state index contributed by atoms with van der Waals surface area (Å²) < 4.78 is 1.42. The maximum Gasteiger partial charge on any atom is 0.229 e. The van der Waals surface area contributed by atoms with Gasteiger partial charge in [-0.25, -0.2) is 0 Å². The quantitative estimate of drug-likeness (QED) is 0.512. The summed E-state index contributed by atoms with van der Waals surface area (Å²) in [6, 6.07) is 14.3. The van der Waals surface area contributed by atoms with Crippen LogP contribution in [-0.2, 0) is 0 Å². The van der Waals surface area contributed by atoms with Gasteiger partial charge < -0.3 is 10.0 Å². The van der Waals surface area contributed by atoms with Crippen LogP contribution in [0.25, 0.3) is 10.9 Å². The molecule has 6 nitrogen and oxygen atoms in total. The first-order valence-corrected chi connectivity index (χ1v) is 6.71. The van der Waals surface area contributed by atoms with Crippen molar-refractivity contribution in [1.29, 1.82) is 10.8 Å². The van der Waals surface area contributed by atoms with Gasteiger partial charge in [-0.2, -0.15) is 4.98 Å². The third kappa shape index (κ3) is 2.20. The zero-order valence-corrected chi connectivity index (χ0v) is 12.0. The molecule has 0 amide bonds. The molecule has 3 N–H and O–H groups in total. The van der Waals surface area contributed by atoms with Gasteiger partial charge in [0, 0.05) is 18.1 Å². The number of hydrogen-bond donors (Lipinski definition) is 3. The van der Waals surface area contributed by atoms with Gasteiger partial charge in [-0.1, -0.05) is 12.1 Å². The molecule has 1 aromatic heterocycles. The van der Waals surface area contributed by atoms with E-state index in [1.165, 1.54) is 4.57 Å². The summed E-state index contributed by atoms with van der Waals surface area (Å²) >= 11 is 0. The normalized spacial score (nSPS) is 10.6. The van der Waals surface area contributed by atoms with Crippen LogP contribution in [0.15, 0.2) is 48.5 Å². The number of phenols is 1. The van der Waals surface area contributed by atoms with Gasteiger partial charge in [0.1, 0.15) is 11.6 Å². The number of aromatic nitrogens is 2. The molecular formula is C16H15N5O. The van der Waals surface area contributed by atoms with Crippen LogP contribution in [-0.4, -0.2) is 28.0 Å². The SMILES string of the molecule is CN(c1ccc(O)cc1)c1nc(=N)n(C=N)c2ccccc12. The second-order valence-corrected chi connectivity index (χ2v) is 4.85. The summed E-state index contributed by atoms with van der Waals surface area (Å²) in [5.41, 5.74) is 1.59. The number of fused-ring (bicyclic) bond motifs is 1. The van der Waals surface area contributed by atoms with Crippen molar-refractivity contribution in [2.75, 3.05) is 11.9 Å². The maximum atomic E-state index is 9.40. The fraction of sp³-hybridized carbons (Fsp3) is 0.0625. The number of rotatable bonds is 3. The Morgan fingerprint density at radius 3 is 2.50 bits per heavy atom. The predicted molar refractivity (Wildman–Crippen MR) is 85.9 cm³/mol. The Kier molecular flexibility index (Phi) is 3.34. The molecule has 0 aliphatic carbocycles. The highest BCUT2D eigenvalue weighted by molar-refractivity contribution is 5.94. The lowest BCUT2D eigenvalue weighted by Gasteiger charge is -2.21. The van der Waals surface area contributed by atoms with Gasteiger partial charge in [-0.3, -0.25) is 15.4 Å². The lowest BCUT2D eigenvalue weighted by Crippen LogP contribution is -2.26. The number of nitrogens with one attached hydrogen (secondary N) is 2. The summed E-state index contributed by atoms with van der Waals surface area (Å²) in [5, 5.41) is 25.7. The molecule has 3 rings (SSSR count). The van der Waals surface area contributed by atoms with E-state index >= 15 is 0 Å². The number of anilines is 2. The lowest BCUT2D eigenvalue weighted by atomic mass is 10.2. The molecule has 0 saturated carbocycles. The van der Waals surface area contributed by atoms with Crippen molar-refractivity contribution in [2.45, 2.75) is 0 Å². The van der Waals surface area contributed by atoms with Crippen molar-refractivity contribution in [1.82, 2.24) is 9.55 Å². The van der Waals surface area contributed by atoms with Crippen molar-refractivity contribution in [2.24, 2.45) is 0 Å². The Balaban J connectivity index is 2.25. The molecule has 0 spiro atoms. The first kappa shape index (κ1) is 13.8. The van der Waals surface area contributed by atoms with Crippen molar-refractivity contribution in [3.05, 3.63) is 54.1 Å². The molecule has 0 bridgehead atoms. The van der Waals surface area contributed by atoms with Crippen molar-refractivity contribution in [3.63, 3.8) is 0 Å². The fourth-order valence-corrected chi connectivity index (χ4v) is 2.39. The molecule has 0 aliphatic heterocycles. The van der Waals surface area contributed by atoms with Crippen LogP contribution < -0.4 is 10.5 Å². The monoisotopic (exact) mass is 293 g/mol. The third-order valence-electron chi connectivity index (χ3n) is 3.53. The van der Waals surface area contributed by atoms with Crippen LogP contribution in [0.4, 0.5) is 11.5 Å². The molecular weight excluding hydrogens is 278 g/mol. The van der Waals surface area contributed by atoms with E-state index in [9.17, 15) is 5.11 Å². The minimum Gasteiger partial charge on any atom is -0.508 e. The summed E-state index contributed by atoms with van der Waals surface area (Å²) in [6.07, 6.45) is 1.09. The Labute approximate surface area is 126 Å². The van der Waals surface area contributed by atoms with Crippen LogP contribution >= 0.6 is 0 Å². The molecule has 1 heterocycles. The predicted octanol–water partition coefficient (Wildman–Crippen LogP) is 2.44. The summed E-state index contributed by atoms with van der Waals surface area (Å²) in [5.74, 6) is 0.829. The highest BCUT2D eigenvalue weighted by Crippen LogP contribution is 2.28. The van der Waals surface area contributed by atoms with Gasteiger partial charge in [-0.15, -0.1) is 0 Å². The van der Waals surface area contributed by atoms with Gasteiger partial charge in [0.05, 0.1) is 11.9 Å². The highest BCUT2D eigenvalue weighted by Gasteiger charge is 2.12. The highest BCUT2D eigenvalue weighted by atomic mass is 16.3. The van der Waals surface area contributed by atoms with Crippen LogP contribution in [0, 0.1) is 10.8 Å². The van der Waals surface area contributed by atoms with Gasteiger partial charge >= 0.3 is 0 Å². The summed E-state index contributed by atoms with van der Waals surface area (Å²) in [4.78, 5) is 6.17. The number of phenolic OH excluding ortho intramolecular Hbond substituents is 1. The average Bonchev–Trinajstić information content (AvgIpc) is 2.54. The molecule has 0 radical (unpaired) electrons. The number of hydrogen-bond acceptors (Lipinski definition) is 5. The van der Waals surface area contributed by atoms with E-state index < -0.39 is 0 Å². The van der Waals surface area contributed by atoms with Crippen LogP contribution in [0.3, 0.4) is 0 Å². The van der Waals surface area contributed by atoms with Crippen molar-refractivity contribution >= 4 is 28.7 Å². The second kappa shape index (κ2) is 5.33. The Bertz CT molecular complexity index is 899. The first-order valence-electron chi connectivity index (χ1n) is 6.71. The van der Waals surface area contributed by atoms with E-state index in [0.29, 0.717) is 5.82 Å². The zero-order valence-electron chi connectivity index (χ0n) is 12.0. The topological polar surface area (TPSA) is 89.0 Å². The molecule has 0 atom stereocenters. The van der Waals surface area contributed by atoms with Gasteiger partial charge in [0.15, 0.2) is 0 Å². The standard InChI is InChI=1S/C16H15N5O/c1-20(11-6-8-12(22)9-7-11)15-13-4-2-3-5-14(13)21(10-17)16(18)19-15/h2-10,17-18,22H,1H3. The van der Waals surface area contributed by atoms with E-state index in [2.05, 4.69) is 4.98 Å². The maximum absolute atomic E-state index is 9.40. The van der Waals surface area contributed by atoms with Gasteiger partial charge in [0.2, 0.25) is 5.62 Å². The average molecular weight is 293 g/mol. The Hall–Kier alpha value is -3.15. The molecule has 2 aromatic carbocycles. The first-order chi connectivity index (χ1) is 10.6. The Morgan fingerprint density at radius 2 is 1.82 bits per heavy atom. The second-order valence-electron chi connectivity index (χ2n) is 4.85. The third-order valence-corrected chi connectivity index (χ3v) is 3.53. The van der Waals surface area contributed by atoms with Crippen LogP contribution in [0.5, 0.6) is 5.75 Å². The molecule has 0 fully saturated rings. The van der Waals surface area contributed by atoms with E-state index in [4.69, 9.17) is 10.8 Å². The summed E-state index contributed by atoms with van der Waals surface area (Å²) in [6.45, 7) is 0. The molecule has 0 saturated heterocycles. The minimum atomic E-state index is -0.00525. The molecule has 0 unspecified atom stereocenters. The summed E-state index contributed by atoms with van der Waals surface area (Å²) in [7, 11) is 1.86. The van der Waals surface area contributed by atoms with Crippen molar-refractivity contribution in [3.8, 4) is 5.75 Å². The number of nitrogens with zero attached hydrogens (tertiary/aromatic N) is 3. The molecule has 22 heavy (non-hydrogen) atoms. The molecule has 3 aromatic rings. The van der Waals surface area contributed by atoms with Crippen LogP contribution in [0.1, 0.15) is 0 Å². The van der Waals surface area contributed by atoms with E-state index in [0.717, 1.165) is 22.9 Å². The fourth-order valence-electron chi connectivity index (χ4n) is 2.39.